The number of fused-ring (bicyclic) bond motifs is 1. The van der Waals surface area contributed by atoms with E-state index in [1.807, 2.05) is 0 Å². The minimum Gasteiger partial charge on any atom is -0.458 e. The van der Waals surface area contributed by atoms with Crippen molar-refractivity contribution in [1.82, 2.24) is 19.1 Å². The SMILES string of the molecule is CC(=O)O[C@@H](CF)[C@@H]1C[C@@H](OC(C)=O)[C@H](n2c(=O)n(CC3CC3)c3cnc(N)nc32)O1. The van der Waals surface area contributed by atoms with Crippen LogP contribution < -0.4 is 11.4 Å². The molecule has 11 nitrogen and oxygen atoms in total. The largest absolute Gasteiger partial charge is 0.458 e. The number of esters is 2. The maximum atomic E-state index is 13.6. The highest BCUT2D eigenvalue weighted by atomic mass is 19.1. The van der Waals surface area contributed by atoms with Gasteiger partial charge in [0.25, 0.3) is 0 Å². The van der Waals surface area contributed by atoms with Crippen molar-refractivity contribution in [1.29, 1.82) is 0 Å². The molecule has 1 saturated carbocycles. The summed E-state index contributed by atoms with van der Waals surface area (Å²) < 4.78 is 32.7. The van der Waals surface area contributed by atoms with E-state index >= 15 is 0 Å². The van der Waals surface area contributed by atoms with Gasteiger partial charge in [-0.1, -0.05) is 0 Å². The van der Waals surface area contributed by atoms with Gasteiger partial charge >= 0.3 is 17.6 Å². The number of rotatable bonds is 7. The molecule has 2 aromatic rings. The number of halogens is 1. The second kappa shape index (κ2) is 8.25. The summed E-state index contributed by atoms with van der Waals surface area (Å²) in [5, 5.41) is 0. The lowest BCUT2D eigenvalue weighted by Crippen LogP contribution is -2.34. The second-order valence-corrected chi connectivity index (χ2v) is 7.89. The first kappa shape index (κ1) is 21.2. The van der Waals surface area contributed by atoms with Gasteiger partial charge in [0.05, 0.1) is 6.20 Å². The van der Waals surface area contributed by atoms with Gasteiger partial charge in [0.15, 0.2) is 18.0 Å². The molecule has 2 N–H and O–H groups in total. The summed E-state index contributed by atoms with van der Waals surface area (Å²) in [6.45, 7) is 1.89. The van der Waals surface area contributed by atoms with Gasteiger partial charge in [0.1, 0.15) is 24.4 Å². The zero-order chi connectivity index (χ0) is 22.3. The van der Waals surface area contributed by atoms with Gasteiger partial charge < -0.3 is 19.9 Å². The van der Waals surface area contributed by atoms with E-state index in [0.717, 1.165) is 19.8 Å². The van der Waals surface area contributed by atoms with Gasteiger partial charge in [-0.2, -0.15) is 4.98 Å². The Hall–Kier alpha value is -3.02. The number of imidazole rings is 1. The van der Waals surface area contributed by atoms with Crippen molar-refractivity contribution in [2.45, 2.75) is 64.2 Å². The summed E-state index contributed by atoms with van der Waals surface area (Å²) in [7, 11) is 0. The number of hydrogen-bond donors (Lipinski definition) is 1. The molecule has 3 heterocycles. The van der Waals surface area contributed by atoms with Crippen LogP contribution in [0.5, 0.6) is 0 Å². The summed E-state index contributed by atoms with van der Waals surface area (Å²) in [5.41, 5.74) is 6.03. The summed E-state index contributed by atoms with van der Waals surface area (Å²) in [4.78, 5) is 44.6. The van der Waals surface area contributed by atoms with Gasteiger partial charge in [0.2, 0.25) is 5.95 Å². The van der Waals surface area contributed by atoms with Crippen molar-refractivity contribution in [3.05, 3.63) is 16.7 Å². The number of aromatic nitrogens is 4. The van der Waals surface area contributed by atoms with E-state index in [1.54, 1.807) is 4.57 Å². The minimum absolute atomic E-state index is 0.0361. The standard InChI is InChI=1S/C19H24FN5O6/c1-9(26)29-14-5-13(15(6-20)30-10(2)27)31-17(14)25-16-12(7-22-18(21)23-16)24(19(25)28)8-11-3-4-11/h7,11,13-15,17H,3-6,8H2,1-2H3,(H2,21,22,23)/t13-,14+,15-,17+/m0/s1. The minimum atomic E-state index is -1.20. The molecule has 0 amide bonds. The van der Waals surface area contributed by atoms with Crippen LogP contribution in [0.3, 0.4) is 0 Å². The first-order chi connectivity index (χ1) is 14.8. The Kier molecular flexibility index (Phi) is 5.65. The van der Waals surface area contributed by atoms with E-state index in [4.69, 9.17) is 19.9 Å². The van der Waals surface area contributed by atoms with Crippen LogP contribution in [0.4, 0.5) is 10.3 Å². The molecule has 12 heteroatoms. The normalized spacial score (nSPS) is 24.3. The molecule has 31 heavy (non-hydrogen) atoms. The second-order valence-electron chi connectivity index (χ2n) is 7.89. The van der Waals surface area contributed by atoms with E-state index in [0.29, 0.717) is 18.0 Å². The topological polar surface area (TPSA) is 141 Å². The number of carbonyl (C=O) groups is 2. The Bertz CT molecular complexity index is 1060. The van der Waals surface area contributed by atoms with Crippen LogP contribution in [0.2, 0.25) is 0 Å². The summed E-state index contributed by atoms with van der Waals surface area (Å²) in [5.74, 6) is -0.912. The fourth-order valence-corrected chi connectivity index (χ4v) is 3.91. The van der Waals surface area contributed by atoms with E-state index in [-0.39, 0.29) is 18.0 Å². The number of anilines is 1. The Morgan fingerprint density at radius 2 is 2.10 bits per heavy atom. The predicted octanol–water partition coefficient (Wildman–Crippen LogP) is 0.706. The Morgan fingerprint density at radius 1 is 1.35 bits per heavy atom. The number of nitrogens with zero attached hydrogens (tertiary/aromatic N) is 4. The molecule has 0 radical (unpaired) electrons. The summed E-state index contributed by atoms with van der Waals surface area (Å²) in [6, 6.07) is 0. The molecule has 2 aliphatic rings. The van der Waals surface area contributed by atoms with E-state index < -0.39 is 48.8 Å². The zero-order valence-electron chi connectivity index (χ0n) is 17.2. The molecular weight excluding hydrogens is 413 g/mol. The highest BCUT2D eigenvalue weighted by molar-refractivity contribution is 5.72. The maximum Gasteiger partial charge on any atom is 0.332 e. The van der Waals surface area contributed by atoms with Gasteiger partial charge in [-0.3, -0.25) is 14.2 Å². The van der Waals surface area contributed by atoms with Crippen LogP contribution in [0.25, 0.3) is 11.2 Å². The molecule has 4 rings (SSSR count). The fraction of sp³-hybridized carbons (Fsp3) is 0.632. The Morgan fingerprint density at radius 3 is 2.71 bits per heavy atom. The quantitative estimate of drug-likeness (QED) is 0.620. The van der Waals surface area contributed by atoms with Crippen molar-refractivity contribution < 1.29 is 28.2 Å². The number of alkyl halides is 1. The van der Waals surface area contributed by atoms with Crippen LogP contribution in [-0.4, -0.2) is 56.0 Å². The molecule has 0 bridgehead atoms. The summed E-state index contributed by atoms with van der Waals surface area (Å²) >= 11 is 0. The average molecular weight is 437 g/mol. The zero-order valence-corrected chi connectivity index (χ0v) is 17.2. The lowest BCUT2D eigenvalue weighted by Gasteiger charge is -2.21. The van der Waals surface area contributed by atoms with E-state index in [1.165, 1.54) is 17.7 Å². The van der Waals surface area contributed by atoms with Crippen molar-refractivity contribution in [2.75, 3.05) is 12.4 Å². The average Bonchev–Trinajstić information content (AvgIpc) is 3.38. The fourth-order valence-electron chi connectivity index (χ4n) is 3.91. The van der Waals surface area contributed by atoms with Crippen LogP contribution in [0, 0.1) is 5.92 Å². The lowest BCUT2D eigenvalue weighted by molar-refractivity contribution is -0.159. The highest BCUT2D eigenvalue weighted by Crippen LogP contribution is 2.36. The molecule has 1 aliphatic carbocycles. The van der Waals surface area contributed by atoms with Crippen molar-refractivity contribution in [3.63, 3.8) is 0 Å². The predicted molar refractivity (Wildman–Crippen MR) is 105 cm³/mol. The third kappa shape index (κ3) is 4.24. The van der Waals surface area contributed by atoms with Crippen LogP contribution in [-0.2, 0) is 30.3 Å². The molecule has 1 aliphatic heterocycles. The highest BCUT2D eigenvalue weighted by Gasteiger charge is 2.45. The summed E-state index contributed by atoms with van der Waals surface area (Å²) in [6.07, 6.45) is -0.583. The smallest absolute Gasteiger partial charge is 0.332 e. The Balaban J connectivity index is 1.77. The third-order valence-electron chi connectivity index (χ3n) is 5.42. The van der Waals surface area contributed by atoms with Gasteiger partial charge in [-0.05, 0) is 18.8 Å². The van der Waals surface area contributed by atoms with Gasteiger partial charge in [-0.15, -0.1) is 0 Å². The number of hydrogen-bond acceptors (Lipinski definition) is 9. The molecule has 4 atom stereocenters. The lowest BCUT2D eigenvalue weighted by atomic mass is 10.1. The number of ether oxygens (including phenoxy) is 3. The number of nitrogen functional groups attached to an aromatic ring is 1. The van der Waals surface area contributed by atoms with Gasteiger partial charge in [-0.25, -0.2) is 18.7 Å². The first-order valence-corrected chi connectivity index (χ1v) is 10.1. The first-order valence-electron chi connectivity index (χ1n) is 10.1. The molecule has 2 fully saturated rings. The molecule has 0 aromatic carbocycles. The molecule has 0 unspecified atom stereocenters. The van der Waals surface area contributed by atoms with E-state index in [2.05, 4.69) is 9.97 Å². The van der Waals surface area contributed by atoms with Crippen molar-refractivity contribution in [2.24, 2.45) is 5.92 Å². The van der Waals surface area contributed by atoms with Gasteiger partial charge in [0, 0.05) is 26.8 Å². The van der Waals surface area contributed by atoms with Crippen LogP contribution in [0.1, 0.15) is 39.3 Å². The van der Waals surface area contributed by atoms with Crippen LogP contribution in [0.15, 0.2) is 11.0 Å². The van der Waals surface area contributed by atoms with Crippen molar-refractivity contribution >= 4 is 29.1 Å². The molecule has 168 valence electrons. The molecule has 2 aromatic heterocycles. The van der Waals surface area contributed by atoms with E-state index in [9.17, 15) is 18.8 Å². The van der Waals surface area contributed by atoms with Crippen molar-refractivity contribution in [3.8, 4) is 0 Å². The monoisotopic (exact) mass is 437 g/mol. The van der Waals surface area contributed by atoms with Crippen LogP contribution >= 0.6 is 0 Å². The third-order valence-corrected chi connectivity index (χ3v) is 5.42. The molecule has 1 saturated heterocycles. The Labute approximate surface area is 176 Å². The molecule has 0 spiro atoms. The molecular formula is C19H24FN5O6. The maximum absolute atomic E-state index is 13.6. The number of nitrogens with two attached hydrogens (primary N) is 1. The number of carbonyl (C=O) groups excluding carboxylic acids is 2.